The summed E-state index contributed by atoms with van der Waals surface area (Å²) in [6.45, 7) is 5.96. The summed E-state index contributed by atoms with van der Waals surface area (Å²) in [6.07, 6.45) is 8.05. The van der Waals surface area contributed by atoms with Crippen LogP contribution in [0.1, 0.15) is 11.8 Å². The number of thiophene rings is 1. The van der Waals surface area contributed by atoms with Crippen molar-refractivity contribution in [3.05, 3.63) is 205 Å². The summed E-state index contributed by atoms with van der Waals surface area (Å²) in [5, 5.41) is 8.35. The lowest BCUT2D eigenvalue weighted by Crippen LogP contribution is -1.95. The predicted molar refractivity (Wildman–Crippen MR) is 277 cm³/mol. The molecule has 306 valence electrons. The molecule has 13 rings (SSSR count). The Balaban J connectivity index is 0.875. The summed E-state index contributed by atoms with van der Waals surface area (Å²) in [5.74, 6) is 0. The largest absolute Gasteiger partial charge is 0.309 e. The highest BCUT2D eigenvalue weighted by atomic mass is 32.1. The molecule has 0 bridgehead atoms. The quantitative estimate of drug-likeness (QED) is 0.147. The van der Waals surface area contributed by atoms with Crippen LogP contribution < -0.4 is 0 Å². The molecule has 0 aliphatic carbocycles. The zero-order valence-electron chi connectivity index (χ0n) is 35.5. The lowest BCUT2D eigenvalue weighted by atomic mass is 9.98. The Morgan fingerprint density at radius 3 is 1.55 bits per heavy atom. The lowest BCUT2D eigenvalue weighted by molar-refractivity contribution is 1.16. The highest BCUT2D eigenvalue weighted by Gasteiger charge is 2.19. The minimum absolute atomic E-state index is 0.944. The molecule has 0 radical (unpaired) electrons. The first kappa shape index (κ1) is 37.3. The van der Waals surface area contributed by atoms with Crippen molar-refractivity contribution >= 4 is 105 Å². The number of para-hydroxylation sites is 3. The smallest absolute Gasteiger partial charge is 0.0881 e. The minimum atomic E-state index is 0.944. The second-order valence-electron chi connectivity index (χ2n) is 16.7. The molecule has 5 heterocycles. The Hall–Kier alpha value is -8.32. The van der Waals surface area contributed by atoms with Gasteiger partial charge < -0.3 is 13.7 Å². The van der Waals surface area contributed by atoms with E-state index in [1.807, 2.05) is 19.3 Å². The zero-order chi connectivity index (χ0) is 43.2. The molecule has 0 atom stereocenters. The van der Waals surface area contributed by atoms with Crippen LogP contribution in [0.3, 0.4) is 0 Å². The molecule has 0 aliphatic heterocycles. The van der Waals surface area contributed by atoms with Crippen LogP contribution in [0.5, 0.6) is 0 Å². The number of fused-ring (bicyclic) bond motifs is 10. The van der Waals surface area contributed by atoms with Crippen LogP contribution in [-0.2, 0) is 0 Å². The average molecular weight is 850 g/mol. The fourth-order valence-electron chi connectivity index (χ4n) is 10.2. The molecular formula is C59H39N5S. The van der Waals surface area contributed by atoms with E-state index in [1.54, 1.807) is 11.3 Å². The number of rotatable bonds is 7. The van der Waals surface area contributed by atoms with Gasteiger partial charge in [-0.25, -0.2) is 0 Å². The Labute approximate surface area is 378 Å². The molecule has 0 aliphatic rings. The molecule has 0 saturated carbocycles. The maximum atomic E-state index is 4.55. The number of hydrogen-bond acceptors (Lipinski definition) is 3. The van der Waals surface area contributed by atoms with Crippen LogP contribution in [0.4, 0.5) is 5.69 Å². The van der Waals surface area contributed by atoms with Gasteiger partial charge in [0.05, 0.1) is 43.7 Å². The van der Waals surface area contributed by atoms with Crippen molar-refractivity contribution in [1.29, 1.82) is 0 Å². The second-order valence-corrected chi connectivity index (χ2v) is 17.7. The molecule has 0 spiro atoms. The molecule has 0 N–H and O–H groups in total. The number of aromatic nitrogens is 4. The number of nitrogens with zero attached hydrogens (tertiary/aromatic N) is 5. The Morgan fingerprint density at radius 1 is 0.446 bits per heavy atom. The number of benzene rings is 8. The van der Waals surface area contributed by atoms with Crippen molar-refractivity contribution in [1.82, 2.24) is 18.7 Å². The number of aliphatic imine (C=N–C) groups is 1. The van der Waals surface area contributed by atoms with Crippen LogP contribution in [0.2, 0.25) is 0 Å². The Kier molecular flexibility index (Phi) is 8.38. The van der Waals surface area contributed by atoms with Gasteiger partial charge in [0.1, 0.15) is 0 Å². The van der Waals surface area contributed by atoms with E-state index >= 15 is 0 Å². The van der Waals surface area contributed by atoms with E-state index in [1.165, 1.54) is 76.0 Å². The molecule has 65 heavy (non-hydrogen) atoms. The third-order valence-electron chi connectivity index (χ3n) is 13.1. The third kappa shape index (κ3) is 5.71. The molecule has 5 nitrogen and oxygen atoms in total. The van der Waals surface area contributed by atoms with Crippen molar-refractivity contribution in [3.63, 3.8) is 0 Å². The van der Waals surface area contributed by atoms with Gasteiger partial charge in [-0.2, -0.15) is 0 Å². The lowest BCUT2D eigenvalue weighted by Gasteiger charge is -2.11. The summed E-state index contributed by atoms with van der Waals surface area (Å²) in [6, 6.07) is 66.5. The number of hydrogen-bond donors (Lipinski definition) is 0. The van der Waals surface area contributed by atoms with Crippen molar-refractivity contribution in [3.8, 4) is 39.3 Å². The minimum Gasteiger partial charge on any atom is -0.309 e. The van der Waals surface area contributed by atoms with Crippen LogP contribution in [0.15, 0.2) is 205 Å². The topological polar surface area (TPSA) is 40.0 Å². The number of allylic oxidation sites excluding steroid dienone is 1. The zero-order valence-corrected chi connectivity index (χ0v) is 36.3. The van der Waals surface area contributed by atoms with Crippen LogP contribution in [0, 0.1) is 0 Å². The Morgan fingerprint density at radius 2 is 0.938 bits per heavy atom. The monoisotopic (exact) mass is 849 g/mol. The molecule has 5 aromatic heterocycles. The molecule has 0 fully saturated rings. The maximum absolute atomic E-state index is 4.55. The molecule has 6 heteroatoms. The standard InChI is InChI=1S/C59H39N5S/c1-3-11-58-59(60-2)49-35-43(25-29-57(49)65-58)64-52-17-10-8-15-45(52)47-33-40(23-27-54(47)64)38-20-18-37(19-21-38)39-22-26-53-46(32-39)44-14-7-9-16-51(44)63(53)42-24-28-55-48(34-42)50-36-61-31-30-56(50)62(55)41-12-5-4-6-13-41/h3-36H,2H2,1H3/b11-3-. The molecule has 0 unspecified atom stereocenters. The molecule has 0 amide bonds. The summed E-state index contributed by atoms with van der Waals surface area (Å²) in [7, 11) is 0. The van der Waals surface area contributed by atoms with Gasteiger partial charge in [-0.3, -0.25) is 9.98 Å². The highest BCUT2D eigenvalue weighted by molar-refractivity contribution is 7.20. The van der Waals surface area contributed by atoms with Crippen LogP contribution in [0.25, 0.3) is 121 Å². The first-order valence-electron chi connectivity index (χ1n) is 21.9. The molecule has 0 saturated heterocycles. The second kappa shape index (κ2) is 14.6. The summed E-state index contributed by atoms with van der Waals surface area (Å²) in [5.41, 5.74) is 16.1. The summed E-state index contributed by atoms with van der Waals surface area (Å²) in [4.78, 5) is 10.1. The number of pyridine rings is 1. The molecule has 13 aromatic rings. The van der Waals surface area contributed by atoms with Crippen molar-refractivity contribution in [2.45, 2.75) is 6.92 Å². The van der Waals surface area contributed by atoms with Gasteiger partial charge >= 0.3 is 0 Å². The van der Waals surface area contributed by atoms with Gasteiger partial charge in [0.2, 0.25) is 0 Å². The Bertz CT molecular complexity index is 4080. The van der Waals surface area contributed by atoms with E-state index in [4.69, 9.17) is 0 Å². The summed E-state index contributed by atoms with van der Waals surface area (Å²) < 4.78 is 8.33. The van der Waals surface area contributed by atoms with E-state index in [0.717, 1.165) is 49.4 Å². The first-order valence-corrected chi connectivity index (χ1v) is 22.7. The van der Waals surface area contributed by atoms with Gasteiger partial charge in [0, 0.05) is 71.9 Å². The van der Waals surface area contributed by atoms with E-state index in [0.29, 0.717) is 0 Å². The van der Waals surface area contributed by atoms with E-state index in [9.17, 15) is 0 Å². The first-order chi connectivity index (χ1) is 32.1. The normalized spacial score (nSPS) is 12.1. The van der Waals surface area contributed by atoms with E-state index in [-0.39, 0.29) is 0 Å². The maximum Gasteiger partial charge on any atom is 0.0881 e. The SMILES string of the molecule is C=Nc1c(/C=C\C)sc2ccc(-n3c4ccccc4c4cc(-c5ccc(-c6ccc7c(c6)c6ccccc6n7-c6ccc7c(c6)c6cnccc6n7-c6ccccc6)cc5)ccc43)cc12. The van der Waals surface area contributed by atoms with E-state index < -0.39 is 0 Å². The molecular weight excluding hydrogens is 811 g/mol. The van der Waals surface area contributed by atoms with Crippen molar-refractivity contribution < 1.29 is 0 Å². The van der Waals surface area contributed by atoms with Gasteiger partial charge in [-0.15, -0.1) is 11.3 Å². The van der Waals surface area contributed by atoms with Gasteiger partial charge in [-0.05, 0) is 133 Å². The average Bonchev–Trinajstić information content (AvgIpc) is 4.09. The van der Waals surface area contributed by atoms with Crippen LogP contribution >= 0.6 is 11.3 Å². The summed E-state index contributed by atoms with van der Waals surface area (Å²) >= 11 is 1.75. The predicted octanol–water partition coefficient (Wildman–Crippen LogP) is 16.3. The van der Waals surface area contributed by atoms with Gasteiger partial charge in [0.25, 0.3) is 0 Å². The highest BCUT2D eigenvalue weighted by Crippen LogP contribution is 2.43. The van der Waals surface area contributed by atoms with Crippen molar-refractivity contribution in [2.24, 2.45) is 4.99 Å². The fraction of sp³-hybridized carbons (Fsp3) is 0.0169. The van der Waals surface area contributed by atoms with Gasteiger partial charge in [-0.1, -0.05) is 97.1 Å². The van der Waals surface area contributed by atoms with E-state index in [2.05, 4.69) is 225 Å². The van der Waals surface area contributed by atoms with Crippen molar-refractivity contribution in [2.75, 3.05) is 0 Å². The molecule has 8 aromatic carbocycles. The third-order valence-corrected chi connectivity index (χ3v) is 14.3. The van der Waals surface area contributed by atoms with Gasteiger partial charge in [0.15, 0.2) is 0 Å². The fourth-order valence-corrected chi connectivity index (χ4v) is 11.3. The van der Waals surface area contributed by atoms with Crippen LogP contribution in [-0.4, -0.2) is 25.4 Å².